The Morgan fingerprint density at radius 1 is 1.39 bits per heavy atom. The summed E-state index contributed by atoms with van der Waals surface area (Å²) in [6, 6.07) is 0. The molecule has 2 atom stereocenters. The van der Waals surface area contributed by atoms with Gasteiger partial charge in [-0.05, 0) is 12.0 Å². The summed E-state index contributed by atoms with van der Waals surface area (Å²) in [5.41, 5.74) is 8.53. The molecule has 1 rings (SSSR count). The van der Waals surface area contributed by atoms with Crippen LogP contribution in [0.4, 0.5) is 5.95 Å². The number of nitrogens with zero attached hydrogens (tertiary/aromatic N) is 6. The molecule has 0 amide bonds. The lowest BCUT2D eigenvalue weighted by atomic mass is 10.1. The van der Waals surface area contributed by atoms with Gasteiger partial charge >= 0.3 is 0 Å². The van der Waals surface area contributed by atoms with Gasteiger partial charge in [0.2, 0.25) is 5.95 Å². The third kappa shape index (κ3) is 3.85. The van der Waals surface area contributed by atoms with E-state index in [1.165, 1.54) is 12.4 Å². The van der Waals surface area contributed by atoms with Gasteiger partial charge in [-0.25, -0.2) is 9.97 Å². The van der Waals surface area contributed by atoms with Crippen molar-refractivity contribution in [3.8, 4) is 0 Å². The predicted molar refractivity (Wildman–Crippen MR) is 66.0 cm³/mol. The number of azide groups is 1. The Labute approximate surface area is 105 Å². The second-order valence-corrected chi connectivity index (χ2v) is 3.97. The van der Waals surface area contributed by atoms with E-state index in [0.29, 0.717) is 11.5 Å². The van der Waals surface area contributed by atoms with Crippen LogP contribution in [0.25, 0.3) is 10.4 Å². The maximum absolute atomic E-state index is 9.84. The van der Waals surface area contributed by atoms with Gasteiger partial charge in [-0.3, -0.25) is 0 Å². The molecule has 8 nitrogen and oxygen atoms in total. The third-order valence-corrected chi connectivity index (χ3v) is 2.35. The Morgan fingerprint density at radius 3 is 2.50 bits per heavy atom. The van der Waals surface area contributed by atoms with Crippen molar-refractivity contribution in [2.45, 2.75) is 18.6 Å². The van der Waals surface area contributed by atoms with Gasteiger partial charge in [-0.1, -0.05) is 5.11 Å². The van der Waals surface area contributed by atoms with Crippen LogP contribution in [0.15, 0.2) is 17.5 Å². The van der Waals surface area contributed by atoms with Gasteiger partial charge in [-0.2, -0.15) is 0 Å². The zero-order valence-corrected chi connectivity index (χ0v) is 10.3. The Kier molecular flexibility index (Phi) is 5.31. The highest BCUT2D eigenvalue weighted by Crippen LogP contribution is 2.18. The molecule has 0 aliphatic carbocycles. The van der Waals surface area contributed by atoms with E-state index in [9.17, 15) is 10.2 Å². The highest BCUT2D eigenvalue weighted by Gasteiger charge is 2.18. The molecular formula is C10H16N6O2. The van der Waals surface area contributed by atoms with Crippen LogP contribution in [0.1, 0.15) is 18.1 Å². The third-order valence-electron chi connectivity index (χ3n) is 2.35. The van der Waals surface area contributed by atoms with Crippen molar-refractivity contribution >= 4 is 5.95 Å². The van der Waals surface area contributed by atoms with Crippen molar-refractivity contribution in [3.63, 3.8) is 0 Å². The van der Waals surface area contributed by atoms with Crippen molar-refractivity contribution in [2.75, 3.05) is 25.5 Å². The van der Waals surface area contributed by atoms with Crippen molar-refractivity contribution in [3.05, 3.63) is 28.4 Å². The molecule has 0 fully saturated rings. The minimum absolute atomic E-state index is 0.130. The van der Waals surface area contributed by atoms with E-state index in [1.807, 2.05) is 0 Å². The molecule has 0 aliphatic rings. The lowest BCUT2D eigenvalue weighted by molar-refractivity contribution is 0.0146. The summed E-state index contributed by atoms with van der Waals surface area (Å²) in [7, 11) is 3.61. The maximum Gasteiger partial charge on any atom is 0.224 e. The lowest BCUT2D eigenvalue weighted by Gasteiger charge is -2.17. The molecule has 0 bridgehead atoms. The summed E-state index contributed by atoms with van der Waals surface area (Å²) in [4.78, 5) is 12.4. The van der Waals surface area contributed by atoms with E-state index in [0.717, 1.165) is 0 Å². The average molecular weight is 252 g/mol. The van der Waals surface area contributed by atoms with Gasteiger partial charge in [0, 0.05) is 43.5 Å². The van der Waals surface area contributed by atoms with Crippen LogP contribution in [0.2, 0.25) is 0 Å². The second kappa shape index (κ2) is 6.75. The maximum atomic E-state index is 9.84. The zero-order valence-electron chi connectivity index (χ0n) is 10.3. The van der Waals surface area contributed by atoms with E-state index in [2.05, 4.69) is 20.0 Å². The number of aromatic nitrogens is 2. The molecule has 0 saturated heterocycles. The van der Waals surface area contributed by atoms with Crippen LogP contribution >= 0.6 is 0 Å². The number of rotatable bonds is 6. The summed E-state index contributed by atoms with van der Waals surface area (Å²) in [6.07, 6.45) is 1.01. The highest BCUT2D eigenvalue weighted by atomic mass is 16.3. The van der Waals surface area contributed by atoms with Crippen LogP contribution in [0, 0.1) is 0 Å². The molecule has 2 unspecified atom stereocenters. The Morgan fingerprint density at radius 2 is 2.00 bits per heavy atom. The number of hydrogen-bond acceptors (Lipinski definition) is 6. The molecule has 1 aromatic heterocycles. The van der Waals surface area contributed by atoms with E-state index in [-0.39, 0.29) is 13.0 Å². The molecule has 18 heavy (non-hydrogen) atoms. The van der Waals surface area contributed by atoms with Crippen LogP contribution < -0.4 is 4.90 Å². The lowest BCUT2D eigenvalue weighted by Crippen LogP contribution is -2.20. The summed E-state index contributed by atoms with van der Waals surface area (Å²) < 4.78 is 0. The SMILES string of the molecule is CN(C)c1ncc(C(O)C(O)CCN=[N+]=[N-])cn1. The first-order chi connectivity index (χ1) is 8.56. The Bertz CT molecular complexity index is 415. The molecule has 0 aromatic carbocycles. The van der Waals surface area contributed by atoms with Crippen molar-refractivity contribution in [2.24, 2.45) is 5.11 Å². The quantitative estimate of drug-likeness (QED) is 0.437. The molecule has 0 spiro atoms. The van der Waals surface area contributed by atoms with Gasteiger partial charge in [0.05, 0.1) is 6.10 Å². The summed E-state index contributed by atoms with van der Waals surface area (Å²) >= 11 is 0. The van der Waals surface area contributed by atoms with Gasteiger partial charge in [0.25, 0.3) is 0 Å². The number of anilines is 1. The van der Waals surface area contributed by atoms with Crippen molar-refractivity contribution in [1.82, 2.24) is 9.97 Å². The molecule has 0 aliphatic heterocycles. The molecule has 1 heterocycles. The van der Waals surface area contributed by atoms with Crippen LogP contribution in [0.5, 0.6) is 0 Å². The standard InChI is InChI=1S/C10H16N6O2/c1-16(2)10-12-5-7(6-13-10)9(18)8(17)3-4-14-15-11/h5-6,8-9,17-18H,3-4H2,1-2H3. The van der Waals surface area contributed by atoms with Crippen molar-refractivity contribution in [1.29, 1.82) is 0 Å². The molecule has 0 saturated carbocycles. The van der Waals surface area contributed by atoms with E-state index >= 15 is 0 Å². The zero-order chi connectivity index (χ0) is 13.5. The summed E-state index contributed by atoms with van der Waals surface area (Å²) in [5.74, 6) is 0.523. The molecule has 8 heteroatoms. The van der Waals surface area contributed by atoms with Crippen molar-refractivity contribution < 1.29 is 10.2 Å². The fourth-order valence-corrected chi connectivity index (χ4v) is 1.33. The van der Waals surface area contributed by atoms with E-state index in [4.69, 9.17) is 5.53 Å². The second-order valence-electron chi connectivity index (χ2n) is 3.97. The summed E-state index contributed by atoms with van der Waals surface area (Å²) in [5, 5.41) is 22.8. The minimum atomic E-state index is -1.09. The van der Waals surface area contributed by atoms with E-state index < -0.39 is 12.2 Å². The first-order valence-electron chi connectivity index (χ1n) is 5.42. The topological polar surface area (TPSA) is 118 Å². The van der Waals surface area contributed by atoms with Gasteiger partial charge < -0.3 is 15.1 Å². The minimum Gasteiger partial charge on any atom is -0.390 e. The number of aliphatic hydroxyl groups is 2. The van der Waals surface area contributed by atoms with Gasteiger partial charge in [0.1, 0.15) is 6.10 Å². The molecule has 1 aromatic rings. The van der Waals surface area contributed by atoms with Gasteiger partial charge in [-0.15, -0.1) is 0 Å². The molecular weight excluding hydrogens is 236 g/mol. The van der Waals surface area contributed by atoms with E-state index in [1.54, 1.807) is 19.0 Å². The predicted octanol–water partition coefficient (Wildman–Crippen LogP) is 0.637. The van der Waals surface area contributed by atoms with Gasteiger partial charge in [0.15, 0.2) is 0 Å². The fourth-order valence-electron chi connectivity index (χ4n) is 1.33. The highest BCUT2D eigenvalue weighted by molar-refractivity contribution is 5.27. The fraction of sp³-hybridized carbons (Fsp3) is 0.600. The Hall–Kier alpha value is -1.89. The molecule has 0 radical (unpaired) electrons. The largest absolute Gasteiger partial charge is 0.390 e. The van der Waals surface area contributed by atoms with Crippen LogP contribution in [-0.4, -0.2) is 46.9 Å². The first kappa shape index (κ1) is 14.2. The monoisotopic (exact) mass is 252 g/mol. The number of aliphatic hydroxyl groups excluding tert-OH is 2. The van der Waals surface area contributed by atoms with Crippen LogP contribution in [-0.2, 0) is 0 Å². The first-order valence-corrected chi connectivity index (χ1v) is 5.42. The normalized spacial score (nSPS) is 13.6. The Balaban J connectivity index is 2.65. The smallest absolute Gasteiger partial charge is 0.224 e. The number of hydrogen-bond donors (Lipinski definition) is 2. The molecule has 98 valence electrons. The molecule has 2 N–H and O–H groups in total. The average Bonchev–Trinajstić information content (AvgIpc) is 2.38. The summed E-state index contributed by atoms with van der Waals surface area (Å²) in [6.45, 7) is 0.130. The van der Waals surface area contributed by atoms with Crippen LogP contribution in [0.3, 0.4) is 0 Å².